The van der Waals surface area contributed by atoms with E-state index >= 15 is 0 Å². The van der Waals surface area contributed by atoms with Gasteiger partial charge in [0.1, 0.15) is 17.5 Å². The Balaban J connectivity index is 1.41. The highest BCUT2D eigenvalue weighted by molar-refractivity contribution is 5.97. The van der Waals surface area contributed by atoms with Crippen molar-refractivity contribution < 1.29 is 22.6 Å². The van der Waals surface area contributed by atoms with Crippen LogP contribution in [0.4, 0.5) is 19.1 Å². The van der Waals surface area contributed by atoms with Crippen LogP contribution in [0, 0.1) is 10.8 Å². The maximum Gasteiger partial charge on any atom is 0.423 e. The standard InChI is InChI=1S/C18H24F3N7O2/c19-18(20,21)13-7-24-17(26-15(13)30-12-9-29-10-12)25-11-4-6-27(8-11)16(23)28-5-2-1-3-14(28)22/h7,11-12,22-23H,1-6,8-10H2,(H,24,25,26)/t11-/m1/s1. The average Bonchev–Trinajstić information content (AvgIpc) is 3.12. The number of hydrogen-bond donors (Lipinski definition) is 3. The van der Waals surface area contributed by atoms with Crippen molar-refractivity contribution in [1.29, 1.82) is 10.8 Å². The summed E-state index contributed by atoms with van der Waals surface area (Å²) in [6.07, 6.45) is -1.06. The molecule has 0 saturated carbocycles. The predicted octanol–water partition coefficient (Wildman–Crippen LogP) is 2.16. The SMILES string of the molecule is N=C1CCCCN1C(=N)N1CC[C@@H](Nc2ncc(C(F)(F)F)c(OC3COC3)n2)C1. The van der Waals surface area contributed by atoms with Crippen LogP contribution < -0.4 is 10.1 Å². The van der Waals surface area contributed by atoms with Crippen LogP contribution in [0.2, 0.25) is 0 Å². The van der Waals surface area contributed by atoms with Crippen LogP contribution in [-0.4, -0.2) is 76.6 Å². The van der Waals surface area contributed by atoms with Gasteiger partial charge in [0.25, 0.3) is 0 Å². The zero-order chi connectivity index (χ0) is 21.3. The Morgan fingerprint density at radius 2 is 2.07 bits per heavy atom. The van der Waals surface area contributed by atoms with E-state index in [1.807, 2.05) is 4.90 Å². The normalized spacial score (nSPS) is 22.8. The summed E-state index contributed by atoms with van der Waals surface area (Å²) < 4.78 is 50.0. The summed E-state index contributed by atoms with van der Waals surface area (Å²) in [5, 5.41) is 19.5. The second-order valence-electron chi connectivity index (χ2n) is 7.64. The van der Waals surface area contributed by atoms with Crippen LogP contribution in [0.15, 0.2) is 6.20 Å². The van der Waals surface area contributed by atoms with Crippen molar-refractivity contribution in [3.8, 4) is 5.88 Å². The third-order valence-electron chi connectivity index (χ3n) is 5.39. The molecule has 3 fully saturated rings. The molecule has 3 N–H and O–H groups in total. The fraction of sp³-hybridized carbons (Fsp3) is 0.667. The number of piperidine rings is 1. The highest BCUT2D eigenvalue weighted by atomic mass is 19.4. The molecule has 0 radical (unpaired) electrons. The van der Waals surface area contributed by atoms with E-state index in [-0.39, 0.29) is 25.2 Å². The first kappa shape index (κ1) is 20.6. The predicted molar refractivity (Wildman–Crippen MR) is 102 cm³/mol. The van der Waals surface area contributed by atoms with Gasteiger partial charge in [0.15, 0.2) is 5.96 Å². The molecule has 3 aliphatic heterocycles. The molecule has 3 aliphatic rings. The number of ether oxygens (including phenoxy) is 2. The van der Waals surface area contributed by atoms with Gasteiger partial charge in [-0.15, -0.1) is 0 Å². The number of halogens is 3. The van der Waals surface area contributed by atoms with Crippen LogP contribution in [0.1, 0.15) is 31.2 Å². The molecule has 164 valence electrons. The number of rotatable bonds is 4. The maximum absolute atomic E-state index is 13.2. The van der Waals surface area contributed by atoms with Gasteiger partial charge in [0, 0.05) is 38.3 Å². The van der Waals surface area contributed by atoms with Crippen LogP contribution >= 0.6 is 0 Å². The number of likely N-dealkylation sites (tertiary alicyclic amines) is 2. The van der Waals surface area contributed by atoms with E-state index in [1.54, 1.807) is 4.90 Å². The molecule has 0 amide bonds. The number of alkyl halides is 3. The van der Waals surface area contributed by atoms with E-state index in [0.717, 1.165) is 19.0 Å². The molecule has 30 heavy (non-hydrogen) atoms. The highest BCUT2D eigenvalue weighted by Gasteiger charge is 2.38. The molecule has 0 aromatic carbocycles. The van der Waals surface area contributed by atoms with Crippen molar-refractivity contribution in [3.63, 3.8) is 0 Å². The van der Waals surface area contributed by atoms with E-state index in [9.17, 15) is 13.2 Å². The molecule has 3 saturated heterocycles. The van der Waals surface area contributed by atoms with Gasteiger partial charge in [-0.05, 0) is 19.3 Å². The van der Waals surface area contributed by atoms with Crippen molar-refractivity contribution in [1.82, 2.24) is 19.8 Å². The molecule has 0 spiro atoms. The molecule has 1 atom stereocenters. The molecule has 1 aromatic rings. The first-order valence-corrected chi connectivity index (χ1v) is 9.95. The Kier molecular flexibility index (Phi) is 5.67. The van der Waals surface area contributed by atoms with Gasteiger partial charge in [0.2, 0.25) is 11.8 Å². The number of anilines is 1. The minimum absolute atomic E-state index is 0.0577. The third-order valence-corrected chi connectivity index (χ3v) is 5.39. The second kappa shape index (κ2) is 8.25. The van der Waals surface area contributed by atoms with Crippen molar-refractivity contribution in [2.45, 2.75) is 44.0 Å². The van der Waals surface area contributed by atoms with Crippen molar-refractivity contribution in [3.05, 3.63) is 11.8 Å². The van der Waals surface area contributed by atoms with Gasteiger partial charge < -0.3 is 24.6 Å². The third kappa shape index (κ3) is 4.42. The zero-order valence-corrected chi connectivity index (χ0v) is 16.3. The highest BCUT2D eigenvalue weighted by Crippen LogP contribution is 2.36. The number of guanidine groups is 1. The summed E-state index contributed by atoms with van der Waals surface area (Å²) in [5.41, 5.74) is -1.02. The molecular formula is C18H24F3N7O2. The monoisotopic (exact) mass is 427 g/mol. The Morgan fingerprint density at radius 3 is 2.73 bits per heavy atom. The minimum atomic E-state index is -4.61. The number of amidine groups is 1. The fourth-order valence-electron chi connectivity index (χ4n) is 3.65. The van der Waals surface area contributed by atoms with Gasteiger partial charge in [0.05, 0.1) is 13.2 Å². The summed E-state index contributed by atoms with van der Waals surface area (Å²) >= 11 is 0. The molecule has 12 heteroatoms. The van der Waals surface area contributed by atoms with Crippen LogP contribution in [-0.2, 0) is 10.9 Å². The van der Waals surface area contributed by atoms with Crippen molar-refractivity contribution >= 4 is 17.7 Å². The largest absolute Gasteiger partial charge is 0.469 e. The number of hydrogen-bond acceptors (Lipinski definition) is 7. The fourth-order valence-corrected chi connectivity index (χ4v) is 3.65. The lowest BCUT2D eigenvalue weighted by Gasteiger charge is -2.33. The first-order valence-electron chi connectivity index (χ1n) is 9.95. The maximum atomic E-state index is 13.2. The Hall–Kier alpha value is -2.63. The van der Waals surface area contributed by atoms with Crippen molar-refractivity contribution in [2.24, 2.45) is 0 Å². The molecule has 4 rings (SSSR count). The summed E-state index contributed by atoms with van der Waals surface area (Å²) in [4.78, 5) is 11.4. The van der Waals surface area contributed by atoms with E-state index in [1.165, 1.54) is 0 Å². The quantitative estimate of drug-likeness (QED) is 0.499. The van der Waals surface area contributed by atoms with E-state index in [4.69, 9.17) is 20.3 Å². The number of aromatic nitrogens is 2. The van der Waals surface area contributed by atoms with Gasteiger partial charge >= 0.3 is 6.18 Å². The number of nitrogens with zero attached hydrogens (tertiary/aromatic N) is 4. The summed E-state index contributed by atoms with van der Waals surface area (Å²) in [7, 11) is 0. The summed E-state index contributed by atoms with van der Waals surface area (Å²) in [5.74, 6) is 0.307. The van der Waals surface area contributed by atoms with E-state index in [0.29, 0.717) is 44.3 Å². The lowest BCUT2D eigenvalue weighted by atomic mass is 10.1. The zero-order valence-electron chi connectivity index (χ0n) is 16.3. The van der Waals surface area contributed by atoms with Crippen LogP contribution in [0.3, 0.4) is 0 Å². The molecule has 0 unspecified atom stereocenters. The summed E-state index contributed by atoms with van der Waals surface area (Å²) in [6.45, 7) is 2.23. The second-order valence-corrected chi connectivity index (χ2v) is 7.64. The van der Waals surface area contributed by atoms with Gasteiger partial charge in [-0.3, -0.25) is 10.8 Å². The van der Waals surface area contributed by atoms with E-state index in [2.05, 4.69) is 15.3 Å². The van der Waals surface area contributed by atoms with Gasteiger partial charge in [-0.25, -0.2) is 4.98 Å². The molecule has 1 aromatic heterocycles. The van der Waals surface area contributed by atoms with Gasteiger partial charge in [-0.1, -0.05) is 0 Å². The Morgan fingerprint density at radius 1 is 1.27 bits per heavy atom. The molecule has 0 bridgehead atoms. The molecule has 0 aliphatic carbocycles. The summed E-state index contributed by atoms with van der Waals surface area (Å²) in [6, 6.07) is -0.124. The first-order chi connectivity index (χ1) is 14.3. The Labute approximate surface area is 171 Å². The van der Waals surface area contributed by atoms with E-state index < -0.39 is 23.7 Å². The lowest BCUT2D eigenvalue weighted by Crippen LogP contribution is -2.48. The Bertz CT molecular complexity index is 815. The van der Waals surface area contributed by atoms with Crippen LogP contribution in [0.5, 0.6) is 5.88 Å². The lowest BCUT2D eigenvalue weighted by molar-refractivity contribution is -0.142. The smallest absolute Gasteiger partial charge is 0.423 e. The number of nitrogens with one attached hydrogen (secondary N) is 3. The molecule has 9 nitrogen and oxygen atoms in total. The topological polar surface area (TPSA) is 110 Å². The molecule has 4 heterocycles. The molecular weight excluding hydrogens is 403 g/mol. The van der Waals surface area contributed by atoms with Crippen molar-refractivity contribution in [2.75, 3.05) is 38.2 Å². The minimum Gasteiger partial charge on any atom is -0.469 e. The van der Waals surface area contributed by atoms with Crippen LogP contribution in [0.25, 0.3) is 0 Å². The van der Waals surface area contributed by atoms with Gasteiger partial charge in [-0.2, -0.15) is 18.2 Å². The average molecular weight is 427 g/mol.